The van der Waals surface area contributed by atoms with E-state index in [1.807, 2.05) is 12.5 Å². The molecule has 0 aliphatic carbocycles. The first kappa shape index (κ1) is 7.72. The summed E-state index contributed by atoms with van der Waals surface area (Å²) in [6.45, 7) is 3.29. The largest absolute Gasteiger partial charge is 0.311 e. The van der Waals surface area contributed by atoms with Crippen molar-refractivity contribution < 1.29 is 0 Å². The summed E-state index contributed by atoms with van der Waals surface area (Å²) in [5.41, 5.74) is 0. The third-order valence-corrected chi connectivity index (χ3v) is 1.26. The van der Waals surface area contributed by atoms with Gasteiger partial charge in [0, 0.05) is 12.1 Å². The summed E-state index contributed by atoms with van der Waals surface area (Å²) < 4.78 is 0. The first-order valence-corrected chi connectivity index (χ1v) is 3.33. The van der Waals surface area contributed by atoms with Crippen molar-refractivity contribution in [3.8, 4) is 0 Å². The lowest BCUT2D eigenvalue weighted by Crippen LogP contribution is -2.01. The zero-order chi connectivity index (χ0) is 6.24. The summed E-state index contributed by atoms with van der Waals surface area (Å²) in [5, 5.41) is 4.87. The highest BCUT2D eigenvalue weighted by molar-refractivity contribution is 8.02. The smallest absolute Gasteiger partial charge is 0.0457 e. The third kappa shape index (κ3) is 5.72. The highest BCUT2D eigenvalue weighted by atomic mass is 32.2. The van der Waals surface area contributed by atoms with Gasteiger partial charge in [-0.1, -0.05) is 0 Å². The van der Waals surface area contributed by atoms with E-state index in [1.165, 1.54) is 0 Å². The molecule has 0 radical (unpaired) electrons. The van der Waals surface area contributed by atoms with Crippen LogP contribution < -0.4 is 5.32 Å². The third-order valence-electron chi connectivity index (χ3n) is 0.490. The first-order chi connectivity index (χ1) is 3.91. The Labute approximate surface area is 54.1 Å². The minimum atomic E-state index is 0.923. The van der Waals surface area contributed by atoms with Gasteiger partial charge in [-0.25, -0.2) is 0 Å². The molecular weight excluding hydrogens is 120 g/mol. The summed E-state index contributed by atoms with van der Waals surface area (Å²) in [6, 6.07) is 0. The van der Waals surface area contributed by atoms with E-state index in [1.54, 1.807) is 18.0 Å². The fourth-order valence-electron chi connectivity index (χ4n) is 0.218. The number of aliphatic imine (C=N–C) groups is 1. The molecule has 0 rings (SSSR count). The van der Waals surface area contributed by atoms with Gasteiger partial charge >= 0.3 is 0 Å². The minimum absolute atomic E-state index is 0.923. The molecular formula is C5H10N2S. The lowest BCUT2D eigenvalue weighted by atomic mass is 11.1. The Morgan fingerprint density at radius 1 is 1.88 bits per heavy atom. The molecule has 0 aromatic carbocycles. The molecule has 0 aromatic rings. The van der Waals surface area contributed by atoms with Crippen molar-refractivity contribution in [1.29, 1.82) is 0 Å². The van der Waals surface area contributed by atoms with Crippen molar-refractivity contribution in [1.82, 2.24) is 5.32 Å². The van der Waals surface area contributed by atoms with Crippen LogP contribution in [0.25, 0.3) is 0 Å². The molecule has 8 heavy (non-hydrogen) atoms. The molecule has 0 spiro atoms. The van der Waals surface area contributed by atoms with Gasteiger partial charge in [-0.05, 0) is 19.2 Å². The van der Waals surface area contributed by atoms with E-state index in [0.717, 1.165) is 5.88 Å². The van der Waals surface area contributed by atoms with E-state index in [9.17, 15) is 0 Å². The average molecular weight is 130 g/mol. The standard InChI is InChI=1S/C5H10N2S/c1-6-3-4-8-5-7-2/h3-4,7H,1,5H2,2H3/b4-3-. The summed E-state index contributed by atoms with van der Waals surface area (Å²) in [5.74, 6) is 0.923. The van der Waals surface area contributed by atoms with Gasteiger partial charge in [0.2, 0.25) is 0 Å². The molecule has 0 fully saturated rings. The molecule has 0 aliphatic rings. The van der Waals surface area contributed by atoms with Gasteiger partial charge in [0.1, 0.15) is 0 Å². The maximum absolute atomic E-state index is 3.53. The van der Waals surface area contributed by atoms with Crippen LogP contribution in [-0.4, -0.2) is 19.6 Å². The maximum atomic E-state index is 3.53. The van der Waals surface area contributed by atoms with Gasteiger partial charge in [-0.2, -0.15) is 0 Å². The van der Waals surface area contributed by atoms with Crippen molar-refractivity contribution in [3.05, 3.63) is 11.6 Å². The van der Waals surface area contributed by atoms with Crippen LogP contribution in [0, 0.1) is 0 Å². The van der Waals surface area contributed by atoms with Crippen LogP contribution in [0.5, 0.6) is 0 Å². The Bertz CT molecular complexity index is 80.5. The summed E-state index contributed by atoms with van der Waals surface area (Å²) in [7, 11) is 1.90. The van der Waals surface area contributed by atoms with Crippen LogP contribution in [0.1, 0.15) is 0 Å². The van der Waals surface area contributed by atoms with Crippen LogP contribution in [0.2, 0.25) is 0 Å². The van der Waals surface area contributed by atoms with E-state index in [4.69, 9.17) is 0 Å². The Kier molecular flexibility index (Phi) is 6.48. The van der Waals surface area contributed by atoms with Gasteiger partial charge in [-0.3, -0.25) is 4.99 Å². The topological polar surface area (TPSA) is 24.4 Å². The quantitative estimate of drug-likeness (QED) is 0.350. The average Bonchev–Trinajstić information content (AvgIpc) is 1.81. The Balaban J connectivity index is 2.91. The zero-order valence-corrected chi connectivity index (χ0v) is 5.74. The number of rotatable bonds is 4. The van der Waals surface area contributed by atoms with Crippen LogP contribution in [0.3, 0.4) is 0 Å². The van der Waals surface area contributed by atoms with Crippen molar-refractivity contribution in [2.24, 2.45) is 4.99 Å². The maximum Gasteiger partial charge on any atom is 0.0457 e. The fourth-order valence-corrected chi connectivity index (χ4v) is 0.653. The first-order valence-electron chi connectivity index (χ1n) is 2.29. The molecule has 0 heterocycles. The monoisotopic (exact) mass is 130 g/mol. The molecule has 0 aliphatic heterocycles. The summed E-state index contributed by atoms with van der Waals surface area (Å²) in [4.78, 5) is 3.53. The number of thioether (sulfide) groups is 1. The molecule has 1 N–H and O–H groups in total. The molecule has 0 saturated heterocycles. The van der Waals surface area contributed by atoms with Gasteiger partial charge in [0.05, 0.1) is 0 Å². The van der Waals surface area contributed by atoms with Gasteiger partial charge in [-0.15, -0.1) is 11.8 Å². The van der Waals surface area contributed by atoms with E-state index in [-0.39, 0.29) is 0 Å². The van der Waals surface area contributed by atoms with Crippen molar-refractivity contribution in [3.63, 3.8) is 0 Å². The van der Waals surface area contributed by atoms with Gasteiger partial charge in [0.25, 0.3) is 0 Å². The normalized spacial score (nSPS) is 10.1. The number of hydrogen-bond donors (Lipinski definition) is 1. The second kappa shape index (κ2) is 6.72. The van der Waals surface area contributed by atoms with Crippen LogP contribution in [0.15, 0.2) is 16.6 Å². The Hall–Kier alpha value is -0.280. The molecule has 3 heteroatoms. The van der Waals surface area contributed by atoms with Gasteiger partial charge < -0.3 is 5.32 Å². The predicted octanol–water partition coefficient (Wildman–Crippen LogP) is 1.07. The molecule has 0 unspecified atom stereocenters. The van der Waals surface area contributed by atoms with Gasteiger partial charge in [0.15, 0.2) is 0 Å². The van der Waals surface area contributed by atoms with Crippen LogP contribution >= 0.6 is 11.8 Å². The lowest BCUT2D eigenvalue weighted by molar-refractivity contribution is 0.985. The Morgan fingerprint density at radius 3 is 3.12 bits per heavy atom. The molecule has 46 valence electrons. The van der Waals surface area contributed by atoms with E-state index in [2.05, 4.69) is 17.0 Å². The number of nitrogens with zero attached hydrogens (tertiary/aromatic N) is 1. The van der Waals surface area contributed by atoms with Crippen LogP contribution in [-0.2, 0) is 0 Å². The fraction of sp³-hybridized carbons (Fsp3) is 0.400. The SMILES string of the molecule is C=N/C=C\SCNC. The highest BCUT2D eigenvalue weighted by Gasteiger charge is 1.71. The molecule has 0 aromatic heterocycles. The number of nitrogens with one attached hydrogen (secondary N) is 1. The molecule has 2 nitrogen and oxygen atoms in total. The zero-order valence-electron chi connectivity index (χ0n) is 4.92. The van der Waals surface area contributed by atoms with Crippen molar-refractivity contribution in [2.75, 3.05) is 12.9 Å². The van der Waals surface area contributed by atoms with Crippen molar-refractivity contribution >= 4 is 18.5 Å². The molecule has 0 amide bonds. The second-order valence-corrected chi connectivity index (χ2v) is 2.03. The van der Waals surface area contributed by atoms with E-state index < -0.39 is 0 Å². The Morgan fingerprint density at radius 2 is 2.62 bits per heavy atom. The molecule has 0 bridgehead atoms. The minimum Gasteiger partial charge on any atom is -0.311 e. The van der Waals surface area contributed by atoms with Crippen LogP contribution in [0.4, 0.5) is 0 Å². The second-order valence-electron chi connectivity index (χ2n) is 1.13. The van der Waals surface area contributed by atoms with Crippen molar-refractivity contribution in [2.45, 2.75) is 0 Å². The summed E-state index contributed by atoms with van der Waals surface area (Å²) in [6.07, 6.45) is 1.67. The lowest BCUT2D eigenvalue weighted by Gasteiger charge is -1.87. The molecule has 0 atom stereocenters. The van der Waals surface area contributed by atoms with E-state index >= 15 is 0 Å². The molecule has 0 saturated carbocycles. The van der Waals surface area contributed by atoms with E-state index in [0.29, 0.717) is 0 Å². The summed E-state index contributed by atoms with van der Waals surface area (Å²) >= 11 is 1.65. The predicted molar refractivity (Wildman–Crippen MR) is 40.2 cm³/mol. The number of hydrogen-bond acceptors (Lipinski definition) is 3. The highest BCUT2D eigenvalue weighted by Crippen LogP contribution is 1.96.